The minimum Gasteiger partial charge on any atom is -0.331 e. The summed E-state index contributed by atoms with van der Waals surface area (Å²) in [6, 6.07) is 0. The summed E-state index contributed by atoms with van der Waals surface area (Å²) in [4.78, 5) is 26.6. The molecule has 1 saturated heterocycles. The van der Waals surface area contributed by atoms with E-state index in [4.69, 9.17) is 0 Å². The Morgan fingerprint density at radius 3 is 1.62 bits per heavy atom. The Morgan fingerprint density at radius 2 is 1.31 bits per heavy atom. The Labute approximate surface area is 96.0 Å². The number of amides is 2. The minimum absolute atomic E-state index is 0.377. The smallest absolute Gasteiger partial charge is 0.312 e. The summed E-state index contributed by atoms with van der Waals surface area (Å²) < 4.78 is 0. The molecule has 1 rings (SSSR count). The van der Waals surface area contributed by atoms with Crippen LogP contribution in [0.1, 0.15) is 0 Å². The first-order valence-electron chi connectivity index (χ1n) is 5.58. The summed E-state index contributed by atoms with van der Waals surface area (Å²) in [6.45, 7) is 3.90. The topological polar surface area (TPSA) is 64.7 Å². The first kappa shape index (κ1) is 12.9. The third-order valence-corrected chi connectivity index (χ3v) is 2.66. The Hall–Kier alpha value is -1.14. The molecule has 92 valence electrons. The third kappa shape index (κ3) is 3.18. The molecular formula is C10H20N4O2. The maximum atomic E-state index is 11.7. The summed E-state index contributed by atoms with van der Waals surface area (Å²) in [6.07, 6.45) is 0. The zero-order valence-electron chi connectivity index (χ0n) is 9.95. The average Bonchev–Trinajstić information content (AvgIpc) is 2.30. The largest absolute Gasteiger partial charge is 0.331 e. The van der Waals surface area contributed by atoms with E-state index in [9.17, 15) is 9.59 Å². The lowest BCUT2D eigenvalue weighted by Crippen LogP contribution is -2.56. The van der Waals surface area contributed by atoms with Crippen molar-refractivity contribution in [2.75, 3.05) is 53.4 Å². The predicted octanol–water partition coefficient (Wildman–Crippen LogP) is -1.90. The highest BCUT2D eigenvalue weighted by molar-refractivity contribution is 6.35. The Morgan fingerprint density at radius 1 is 0.938 bits per heavy atom. The van der Waals surface area contributed by atoms with Gasteiger partial charge in [-0.1, -0.05) is 0 Å². The number of hydrogen-bond acceptors (Lipinski definition) is 4. The van der Waals surface area contributed by atoms with Crippen LogP contribution in [0.15, 0.2) is 0 Å². The molecule has 0 aromatic carbocycles. The number of nitrogens with one attached hydrogen (secondary N) is 2. The molecule has 1 aliphatic rings. The van der Waals surface area contributed by atoms with Crippen LogP contribution in [0, 0.1) is 0 Å². The van der Waals surface area contributed by atoms with Gasteiger partial charge in [0, 0.05) is 39.3 Å². The molecule has 0 atom stereocenters. The lowest BCUT2D eigenvalue weighted by atomic mass is 10.3. The second-order valence-electron chi connectivity index (χ2n) is 3.79. The molecule has 16 heavy (non-hydrogen) atoms. The molecule has 0 unspecified atom stereocenters. The van der Waals surface area contributed by atoms with E-state index in [-0.39, 0.29) is 11.8 Å². The van der Waals surface area contributed by atoms with Gasteiger partial charge in [-0.15, -0.1) is 0 Å². The normalized spacial score (nSPS) is 17.1. The zero-order chi connectivity index (χ0) is 12.0. The fraction of sp³-hybridized carbons (Fsp3) is 0.800. The number of nitrogens with zero attached hydrogens (tertiary/aromatic N) is 2. The van der Waals surface area contributed by atoms with E-state index in [1.54, 1.807) is 9.80 Å². The van der Waals surface area contributed by atoms with Gasteiger partial charge in [-0.25, -0.2) is 0 Å². The van der Waals surface area contributed by atoms with Gasteiger partial charge in [0.25, 0.3) is 0 Å². The molecule has 0 aliphatic carbocycles. The van der Waals surface area contributed by atoms with Gasteiger partial charge in [0.2, 0.25) is 0 Å². The van der Waals surface area contributed by atoms with E-state index in [0.717, 1.165) is 13.1 Å². The molecule has 0 spiro atoms. The van der Waals surface area contributed by atoms with Gasteiger partial charge < -0.3 is 20.4 Å². The van der Waals surface area contributed by atoms with Crippen molar-refractivity contribution in [3.8, 4) is 0 Å². The highest BCUT2D eigenvalue weighted by Gasteiger charge is 2.31. The summed E-state index contributed by atoms with van der Waals surface area (Å²) >= 11 is 0. The minimum atomic E-state index is -0.377. The molecule has 1 heterocycles. The van der Waals surface area contributed by atoms with Crippen LogP contribution in [0.4, 0.5) is 0 Å². The number of piperazine rings is 1. The van der Waals surface area contributed by atoms with Crippen LogP contribution in [0.5, 0.6) is 0 Å². The molecule has 6 heteroatoms. The van der Waals surface area contributed by atoms with Crippen LogP contribution >= 0.6 is 0 Å². The Bertz CT molecular complexity index is 231. The van der Waals surface area contributed by atoms with Gasteiger partial charge in [-0.2, -0.15) is 0 Å². The first-order valence-corrected chi connectivity index (χ1v) is 5.58. The summed E-state index contributed by atoms with van der Waals surface area (Å²) in [5.41, 5.74) is 0. The quantitative estimate of drug-likeness (QED) is 0.521. The monoisotopic (exact) mass is 228 g/mol. The van der Waals surface area contributed by atoms with Crippen molar-refractivity contribution in [2.24, 2.45) is 0 Å². The average molecular weight is 228 g/mol. The van der Waals surface area contributed by atoms with Crippen molar-refractivity contribution >= 4 is 11.8 Å². The van der Waals surface area contributed by atoms with Crippen LogP contribution in [-0.2, 0) is 9.59 Å². The lowest BCUT2D eigenvalue weighted by molar-refractivity contribution is -0.155. The fourth-order valence-corrected chi connectivity index (χ4v) is 1.64. The standard InChI is InChI=1S/C10H20N4O2/c1-11-3-5-13-7-8-14(6-4-12-2)10(16)9(13)15/h11-12H,3-8H2,1-2H3. The van der Waals surface area contributed by atoms with E-state index < -0.39 is 0 Å². The number of carbonyl (C=O) groups is 2. The molecular weight excluding hydrogens is 208 g/mol. The van der Waals surface area contributed by atoms with Crippen LogP contribution < -0.4 is 10.6 Å². The molecule has 1 aliphatic heterocycles. The molecule has 0 radical (unpaired) electrons. The predicted molar refractivity (Wildman–Crippen MR) is 61.0 cm³/mol. The SMILES string of the molecule is CNCCN1CCN(CCNC)C(=O)C1=O. The van der Waals surface area contributed by atoms with Crippen molar-refractivity contribution in [1.82, 2.24) is 20.4 Å². The maximum absolute atomic E-state index is 11.7. The van der Waals surface area contributed by atoms with Crippen LogP contribution in [0.25, 0.3) is 0 Å². The van der Waals surface area contributed by atoms with Crippen molar-refractivity contribution in [2.45, 2.75) is 0 Å². The summed E-state index contributed by atoms with van der Waals surface area (Å²) in [5.74, 6) is -0.754. The Balaban J connectivity index is 2.45. The molecule has 2 N–H and O–H groups in total. The summed E-state index contributed by atoms with van der Waals surface area (Å²) in [5, 5.41) is 5.93. The second kappa shape index (κ2) is 6.44. The van der Waals surface area contributed by atoms with Gasteiger partial charge in [0.1, 0.15) is 0 Å². The van der Waals surface area contributed by atoms with Gasteiger partial charge in [0.15, 0.2) is 0 Å². The van der Waals surface area contributed by atoms with E-state index in [1.165, 1.54) is 0 Å². The first-order chi connectivity index (χ1) is 7.70. The molecule has 0 saturated carbocycles. The lowest BCUT2D eigenvalue weighted by Gasteiger charge is -2.33. The molecule has 0 aromatic heterocycles. The van der Waals surface area contributed by atoms with Crippen LogP contribution in [0.2, 0.25) is 0 Å². The van der Waals surface area contributed by atoms with E-state index in [2.05, 4.69) is 10.6 Å². The van der Waals surface area contributed by atoms with Crippen molar-refractivity contribution in [3.63, 3.8) is 0 Å². The van der Waals surface area contributed by atoms with Crippen LogP contribution in [-0.4, -0.2) is 75.0 Å². The number of rotatable bonds is 6. The summed E-state index contributed by atoms with van der Waals surface area (Å²) in [7, 11) is 3.66. The van der Waals surface area contributed by atoms with E-state index >= 15 is 0 Å². The number of likely N-dealkylation sites (N-methyl/N-ethyl adjacent to an activating group) is 2. The molecule has 0 bridgehead atoms. The fourth-order valence-electron chi connectivity index (χ4n) is 1.64. The highest BCUT2D eigenvalue weighted by Crippen LogP contribution is 2.03. The van der Waals surface area contributed by atoms with Crippen molar-refractivity contribution < 1.29 is 9.59 Å². The van der Waals surface area contributed by atoms with Gasteiger partial charge in [-0.3, -0.25) is 9.59 Å². The van der Waals surface area contributed by atoms with Gasteiger partial charge in [0.05, 0.1) is 0 Å². The van der Waals surface area contributed by atoms with E-state index in [1.807, 2.05) is 14.1 Å². The molecule has 0 aromatic rings. The van der Waals surface area contributed by atoms with E-state index in [0.29, 0.717) is 26.2 Å². The van der Waals surface area contributed by atoms with Crippen molar-refractivity contribution in [3.05, 3.63) is 0 Å². The second-order valence-corrected chi connectivity index (χ2v) is 3.79. The maximum Gasteiger partial charge on any atom is 0.312 e. The van der Waals surface area contributed by atoms with Crippen molar-refractivity contribution in [1.29, 1.82) is 0 Å². The van der Waals surface area contributed by atoms with Gasteiger partial charge >= 0.3 is 11.8 Å². The highest BCUT2D eigenvalue weighted by atomic mass is 16.2. The van der Waals surface area contributed by atoms with Crippen LogP contribution in [0.3, 0.4) is 0 Å². The number of carbonyl (C=O) groups excluding carboxylic acids is 2. The van der Waals surface area contributed by atoms with Gasteiger partial charge in [-0.05, 0) is 14.1 Å². The number of hydrogen-bond donors (Lipinski definition) is 2. The molecule has 1 fully saturated rings. The third-order valence-electron chi connectivity index (χ3n) is 2.66. The Kier molecular flexibility index (Phi) is 5.21. The molecule has 2 amide bonds. The molecule has 6 nitrogen and oxygen atoms in total. The zero-order valence-corrected chi connectivity index (χ0v) is 9.95.